The number of hydrogen-bond acceptors (Lipinski definition) is 4. The molecule has 4 heteroatoms. The SMILES string of the molecule is Cc1ccccc1SCc1csc(N)n1. The first-order valence-electron chi connectivity index (χ1n) is 4.64. The van der Waals surface area contributed by atoms with E-state index in [-0.39, 0.29) is 0 Å². The molecule has 0 atom stereocenters. The molecule has 0 unspecified atom stereocenters. The Labute approximate surface area is 97.5 Å². The summed E-state index contributed by atoms with van der Waals surface area (Å²) >= 11 is 3.30. The molecule has 1 aromatic heterocycles. The fraction of sp³-hybridized carbons (Fsp3) is 0.182. The summed E-state index contributed by atoms with van der Waals surface area (Å²) in [4.78, 5) is 5.54. The van der Waals surface area contributed by atoms with E-state index in [2.05, 4.69) is 36.2 Å². The third-order valence-electron chi connectivity index (χ3n) is 2.04. The molecule has 0 spiro atoms. The van der Waals surface area contributed by atoms with Crippen molar-refractivity contribution in [3.63, 3.8) is 0 Å². The van der Waals surface area contributed by atoms with Crippen LogP contribution in [0.15, 0.2) is 34.5 Å². The molecule has 2 aromatic rings. The average molecular weight is 236 g/mol. The highest BCUT2D eigenvalue weighted by Gasteiger charge is 2.01. The van der Waals surface area contributed by atoms with Crippen molar-refractivity contribution in [2.75, 3.05) is 5.73 Å². The second kappa shape index (κ2) is 4.68. The number of thiazole rings is 1. The molecule has 0 amide bonds. The topological polar surface area (TPSA) is 38.9 Å². The van der Waals surface area contributed by atoms with Crippen molar-refractivity contribution in [3.05, 3.63) is 40.9 Å². The number of anilines is 1. The lowest BCUT2D eigenvalue weighted by atomic mass is 10.2. The molecule has 2 nitrogen and oxygen atoms in total. The molecule has 0 radical (unpaired) electrons. The van der Waals surface area contributed by atoms with Crippen molar-refractivity contribution < 1.29 is 0 Å². The highest BCUT2D eigenvalue weighted by Crippen LogP contribution is 2.26. The van der Waals surface area contributed by atoms with Gasteiger partial charge in [0.1, 0.15) is 0 Å². The van der Waals surface area contributed by atoms with Gasteiger partial charge in [0.25, 0.3) is 0 Å². The normalized spacial score (nSPS) is 10.5. The number of benzene rings is 1. The van der Waals surface area contributed by atoms with E-state index in [1.54, 1.807) is 11.8 Å². The van der Waals surface area contributed by atoms with E-state index in [9.17, 15) is 0 Å². The standard InChI is InChI=1S/C11H12N2S2/c1-8-4-2-3-5-10(8)14-6-9-7-15-11(12)13-9/h2-5,7H,6H2,1H3,(H2,12,13). The van der Waals surface area contributed by atoms with Gasteiger partial charge in [0, 0.05) is 16.0 Å². The molecule has 0 saturated heterocycles. The van der Waals surface area contributed by atoms with Crippen molar-refractivity contribution in [2.45, 2.75) is 17.6 Å². The molecular weight excluding hydrogens is 224 g/mol. The largest absolute Gasteiger partial charge is 0.375 e. The van der Waals surface area contributed by atoms with Gasteiger partial charge >= 0.3 is 0 Å². The van der Waals surface area contributed by atoms with Gasteiger partial charge in [0.15, 0.2) is 5.13 Å². The van der Waals surface area contributed by atoms with Gasteiger partial charge in [0.2, 0.25) is 0 Å². The van der Waals surface area contributed by atoms with Crippen LogP contribution in [0.2, 0.25) is 0 Å². The zero-order chi connectivity index (χ0) is 10.7. The Hall–Kier alpha value is -1.00. The van der Waals surface area contributed by atoms with E-state index in [0.717, 1.165) is 11.4 Å². The summed E-state index contributed by atoms with van der Waals surface area (Å²) in [5.74, 6) is 0.887. The maximum atomic E-state index is 5.58. The van der Waals surface area contributed by atoms with Crippen LogP contribution in [0.3, 0.4) is 0 Å². The lowest BCUT2D eigenvalue weighted by Crippen LogP contribution is -1.85. The van der Waals surface area contributed by atoms with Crippen LogP contribution < -0.4 is 5.73 Å². The molecule has 0 fully saturated rings. The molecule has 15 heavy (non-hydrogen) atoms. The zero-order valence-corrected chi connectivity index (χ0v) is 10.1. The maximum Gasteiger partial charge on any atom is 0.180 e. The second-order valence-corrected chi connectivity index (χ2v) is 5.14. The van der Waals surface area contributed by atoms with Crippen LogP contribution in [0, 0.1) is 6.92 Å². The molecule has 1 aromatic carbocycles. The van der Waals surface area contributed by atoms with Crippen molar-refractivity contribution in [1.29, 1.82) is 0 Å². The quantitative estimate of drug-likeness (QED) is 0.831. The molecule has 2 N–H and O–H groups in total. The maximum absolute atomic E-state index is 5.58. The van der Waals surface area contributed by atoms with Gasteiger partial charge in [-0.15, -0.1) is 23.1 Å². The third-order valence-corrected chi connectivity index (χ3v) is 3.97. The van der Waals surface area contributed by atoms with Gasteiger partial charge in [-0.2, -0.15) is 0 Å². The number of rotatable bonds is 3. The van der Waals surface area contributed by atoms with Crippen LogP contribution in [0.5, 0.6) is 0 Å². The van der Waals surface area contributed by atoms with Gasteiger partial charge < -0.3 is 5.73 Å². The first-order chi connectivity index (χ1) is 7.25. The van der Waals surface area contributed by atoms with Crippen LogP contribution in [0.4, 0.5) is 5.13 Å². The van der Waals surface area contributed by atoms with Gasteiger partial charge in [-0.1, -0.05) is 18.2 Å². The summed E-state index contributed by atoms with van der Waals surface area (Å²) < 4.78 is 0. The lowest BCUT2D eigenvalue weighted by molar-refractivity contribution is 1.22. The number of nitrogen functional groups attached to an aromatic ring is 1. The van der Waals surface area contributed by atoms with Crippen molar-refractivity contribution in [2.24, 2.45) is 0 Å². The van der Waals surface area contributed by atoms with Gasteiger partial charge in [-0.25, -0.2) is 4.98 Å². The minimum Gasteiger partial charge on any atom is -0.375 e. The summed E-state index contributed by atoms with van der Waals surface area (Å²) in [5.41, 5.74) is 7.95. The molecule has 0 aliphatic heterocycles. The average Bonchev–Trinajstić information content (AvgIpc) is 2.63. The summed E-state index contributed by atoms with van der Waals surface area (Å²) in [5, 5.41) is 2.66. The number of aryl methyl sites for hydroxylation is 1. The van der Waals surface area contributed by atoms with E-state index in [1.165, 1.54) is 21.8 Å². The minimum atomic E-state index is 0.649. The van der Waals surface area contributed by atoms with Crippen LogP contribution in [-0.4, -0.2) is 4.98 Å². The Balaban J connectivity index is 2.02. The van der Waals surface area contributed by atoms with Crippen molar-refractivity contribution in [1.82, 2.24) is 4.98 Å². The Morgan fingerprint density at radius 1 is 1.40 bits per heavy atom. The lowest BCUT2D eigenvalue weighted by Gasteiger charge is -2.02. The smallest absolute Gasteiger partial charge is 0.180 e. The fourth-order valence-corrected chi connectivity index (χ4v) is 2.85. The van der Waals surface area contributed by atoms with Crippen molar-refractivity contribution in [3.8, 4) is 0 Å². The highest BCUT2D eigenvalue weighted by atomic mass is 32.2. The molecule has 0 aliphatic rings. The molecular formula is C11H12N2S2. The van der Waals surface area contributed by atoms with E-state index >= 15 is 0 Å². The minimum absolute atomic E-state index is 0.649. The summed E-state index contributed by atoms with van der Waals surface area (Å²) in [7, 11) is 0. The predicted octanol–water partition coefficient (Wildman–Crippen LogP) is 3.33. The number of thioether (sulfide) groups is 1. The zero-order valence-electron chi connectivity index (χ0n) is 8.43. The first kappa shape index (κ1) is 10.5. The van der Waals surface area contributed by atoms with E-state index in [0.29, 0.717) is 5.13 Å². The Morgan fingerprint density at radius 2 is 2.20 bits per heavy atom. The molecule has 1 heterocycles. The third kappa shape index (κ3) is 2.73. The Kier molecular flexibility index (Phi) is 3.28. The molecule has 0 bridgehead atoms. The predicted molar refractivity (Wildman–Crippen MR) is 67.3 cm³/mol. The number of nitrogens with zero attached hydrogens (tertiary/aromatic N) is 1. The second-order valence-electron chi connectivity index (χ2n) is 3.23. The number of nitrogens with two attached hydrogens (primary N) is 1. The Morgan fingerprint density at radius 3 is 2.87 bits per heavy atom. The highest BCUT2D eigenvalue weighted by molar-refractivity contribution is 7.98. The van der Waals surface area contributed by atoms with Crippen molar-refractivity contribution >= 4 is 28.2 Å². The summed E-state index contributed by atoms with van der Waals surface area (Å²) in [6.07, 6.45) is 0. The molecule has 0 saturated carbocycles. The van der Waals surface area contributed by atoms with Crippen LogP contribution >= 0.6 is 23.1 Å². The number of aromatic nitrogens is 1. The van der Waals surface area contributed by atoms with Gasteiger partial charge in [-0.05, 0) is 18.6 Å². The molecule has 78 valence electrons. The van der Waals surface area contributed by atoms with Gasteiger partial charge in [-0.3, -0.25) is 0 Å². The molecule has 2 rings (SSSR count). The fourth-order valence-electron chi connectivity index (χ4n) is 1.26. The van der Waals surface area contributed by atoms with Crippen LogP contribution in [-0.2, 0) is 5.75 Å². The summed E-state index contributed by atoms with van der Waals surface area (Å²) in [6.45, 7) is 2.12. The van der Waals surface area contributed by atoms with E-state index in [1.807, 2.05) is 5.38 Å². The molecule has 0 aliphatic carbocycles. The monoisotopic (exact) mass is 236 g/mol. The van der Waals surface area contributed by atoms with Crippen LogP contribution in [0.1, 0.15) is 11.3 Å². The van der Waals surface area contributed by atoms with E-state index < -0.39 is 0 Å². The van der Waals surface area contributed by atoms with Gasteiger partial charge in [0.05, 0.1) is 5.69 Å². The first-order valence-corrected chi connectivity index (χ1v) is 6.50. The number of hydrogen-bond donors (Lipinski definition) is 1. The van der Waals surface area contributed by atoms with Crippen LogP contribution in [0.25, 0.3) is 0 Å². The Bertz CT molecular complexity index is 451. The van der Waals surface area contributed by atoms with E-state index in [4.69, 9.17) is 5.73 Å². The summed E-state index contributed by atoms with van der Waals surface area (Å²) in [6, 6.07) is 8.37.